The molecule has 38 heavy (non-hydrogen) atoms. The van der Waals surface area contributed by atoms with Gasteiger partial charge in [0.1, 0.15) is 11.3 Å². The van der Waals surface area contributed by atoms with Crippen molar-refractivity contribution in [3.05, 3.63) is 64.6 Å². The molecule has 5 rings (SSSR count). The summed E-state index contributed by atoms with van der Waals surface area (Å²) >= 11 is 0. The molecule has 2 fully saturated rings. The number of aromatic nitrogens is 3. The Hall–Kier alpha value is -1.92. The predicted octanol–water partition coefficient (Wildman–Crippen LogP) is 6.86. The fraction of sp³-hybridized carbons (Fsp3) is 0.548. The van der Waals surface area contributed by atoms with Crippen LogP contribution < -0.4 is 0 Å². The highest BCUT2D eigenvalue weighted by Crippen LogP contribution is 2.23. The number of pyridine rings is 1. The minimum absolute atomic E-state index is 0. The number of halogens is 2. The minimum atomic E-state index is 0. The molecule has 2 aromatic heterocycles. The normalized spacial score (nSPS) is 17.6. The van der Waals surface area contributed by atoms with Crippen molar-refractivity contribution < 1.29 is 0 Å². The van der Waals surface area contributed by atoms with E-state index in [-0.39, 0.29) is 24.8 Å². The summed E-state index contributed by atoms with van der Waals surface area (Å²) in [5.41, 5.74) is 6.90. The lowest BCUT2D eigenvalue weighted by Crippen LogP contribution is -2.46. The first-order valence-electron chi connectivity index (χ1n) is 14.2. The van der Waals surface area contributed by atoms with Gasteiger partial charge < -0.3 is 9.47 Å². The van der Waals surface area contributed by atoms with Crippen molar-refractivity contribution in [2.45, 2.75) is 78.3 Å². The van der Waals surface area contributed by atoms with Crippen LogP contribution in [0.3, 0.4) is 0 Å². The van der Waals surface area contributed by atoms with Crippen LogP contribution in [-0.2, 0) is 13.0 Å². The number of nitrogens with zero attached hydrogens (tertiary/aromatic N) is 5. The first-order chi connectivity index (χ1) is 17.6. The van der Waals surface area contributed by atoms with Crippen molar-refractivity contribution >= 4 is 42.1 Å². The Morgan fingerprint density at radius 2 is 1.63 bits per heavy atom. The van der Waals surface area contributed by atoms with Crippen LogP contribution in [0, 0.1) is 13.8 Å². The van der Waals surface area contributed by atoms with Crippen molar-refractivity contribution in [3.63, 3.8) is 0 Å². The lowest BCUT2D eigenvalue weighted by Gasteiger charge is -2.40. The molecule has 0 amide bonds. The van der Waals surface area contributed by atoms with Crippen LogP contribution in [0.15, 0.2) is 36.4 Å². The fourth-order valence-corrected chi connectivity index (χ4v) is 6.03. The van der Waals surface area contributed by atoms with Crippen LogP contribution in [-0.4, -0.2) is 63.1 Å². The third kappa shape index (κ3) is 7.38. The second-order valence-corrected chi connectivity index (χ2v) is 10.9. The number of imidazole rings is 1. The van der Waals surface area contributed by atoms with Crippen LogP contribution in [0.5, 0.6) is 0 Å². The molecule has 0 bridgehead atoms. The molecule has 0 N–H and O–H groups in total. The number of aryl methyl sites for hydroxylation is 3. The van der Waals surface area contributed by atoms with Gasteiger partial charge in [0, 0.05) is 24.7 Å². The molecular weight excluding hydrogens is 513 g/mol. The van der Waals surface area contributed by atoms with Gasteiger partial charge in [-0.3, -0.25) is 4.90 Å². The zero-order valence-electron chi connectivity index (χ0n) is 23.4. The molecule has 2 aliphatic rings. The molecule has 3 aromatic rings. The second kappa shape index (κ2) is 14.5. The summed E-state index contributed by atoms with van der Waals surface area (Å²) in [5, 5.41) is 0. The van der Waals surface area contributed by atoms with E-state index >= 15 is 0 Å². The van der Waals surface area contributed by atoms with E-state index in [0.29, 0.717) is 0 Å². The number of piperidine rings is 2. The highest BCUT2D eigenvalue weighted by atomic mass is 35.5. The van der Waals surface area contributed by atoms with E-state index in [4.69, 9.17) is 9.97 Å². The van der Waals surface area contributed by atoms with Crippen LogP contribution in [0.2, 0.25) is 0 Å². The molecule has 0 saturated carbocycles. The van der Waals surface area contributed by atoms with Gasteiger partial charge >= 0.3 is 0 Å². The lowest BCUT2D eigenvalue weighted by molar-refractivity contribution is 0.0975. The van der Waals surface area contributed by atoms with Gasteiger partial charge in [-0.25, -0.2) is 9.97 Å². The summed E-state index contributed by atoms with van der Waals surface area (Å²) in [7, 11) is 0. The summed E-state index contributed by atoms with van der Waals surface area (Å²) in [6.45, 7) is 13.4. The zero-order chi connectivity index (χ0) is 24.9. The van der Waals surface area contributed by atoms with Crippen molar-refractivity contribution in [1.29, 1.82) is 0 Å². The molecule has 2 saturated heterocycles. The molecular formula is C31H45Cl2N5. The van der Waals surface area contributed by atoms with Crippen molar-refractivity contribution in [1.82, 2.24) is 24.3 Å². The highest BCUT2D eigenvalue weighted by Gasteiger charge is 2.24. The SMILES string of the molecule is CCCc1nc2c(C)cc(C)nc2n1Cc1ccc(/C=C/CN2CCC(N3CCCCC3)CC2)cc1.Cl.Cl. The Balaban J connectivity index is 0.00000200. The van der Waals surface area contributed by atoms with Crippen LogP contribution in [0.1, 0.15) is 73.7 Å². The molecule has 7 heteroatoms. The fourth-order valence-electron chi connectivity index (χ4n) is 6.03. The van der Waals surface area contributed by atoms with E-state index in [9.17, 15) is 0 Å². The van der Waals surface area contributed by atoms with E-state index < -0.39 is 0 Å². The Kier molecular flexibility index (Phi) is 11.7. The Morgan fingerprint density at radius 1 is 0.921 bits per heavy atom. The van der Waals surface area contributed by atoms with Gasteiger partial charge in [0.2, 0.25) is 0 Å². The lowest BCUT2D eigenvalue weighted by atomic mass is 10.00. The smallest absolute Gasteiger partial charge is 0.160 e. The van der Waals surface area contributed by atoms with Crippen LogP contribution in [0.25, 0.3) is 17.2 Å². The molecule has 208 valence electrons. The monoisotopic (exact) mass is 557 g/mol. The molecule has 0 spiro atoms. The Bertz CT molecular complexity index is 1170. The molecule has 0 atom stereocenters. The first kappa shape index (κ1) is 30.6. The zero-order valence-corrected chi connectivity index (χ0v) is 25.0. The van der Waals surface area contributed by atoms with Gasteiger partial charge in [0.25, 0.3) is 0 Å². The van der Waals surface area contributed by atoms with Crippen molar-refractivity contribution in [2.24, 2.45) is 0 Å². The Labute approximate surface area is 241 Å². The summed E-state index contributed by atoms with van der Waals surface area (Å²) in [6, 6.07) is 12.0. The van der Waals surface area contributed by atoms with E-state index in [1.807, 2.05) is 0 Å². The largest absolute Gasteiger partial charge is 0.308 e. The Morgan fingerprint density at radius 3 is 2.32 bits per heavy atom. The van der Waals surface area contributed by atoms with Crippen LogP contribution >= 0.6 is 24.8 Å². The van der Waals surface area contributed by atoms with E-state index in [1.165, 1.54) is 75.0 Å². The maximum absolute atomic E-state index is 4.95. The summed E-state index contributed by atoms with van der Waals surface area (Å²) < 4.78 is 2.32. The molecule has 5 nitrogen and oxygen atoms in total. The summed E-state index contributed by atoms with van der Waals surface area (Å²) in [4.78, 5) is 15.2. The van der Waals surface area contributed by atoms with E-state index in [0.717, 1.165) is 54.7 Å². The van der Waals surface area contributed by atoms with Gasteiger partial charge in [-0.1, -0.05) is 49.8 Å². The average molecular weight is 559 g/mol. The van der Waals surface area contributed by atoms with Gasteiger partial charge in [0.05, 0.1) is 6.54 Å². The van der Waals surface area contributed by atoms with Gasteiger partial charge in [-0.05, 0) is 94.9 Å². The number of hydrogen-bond donors (Lipinski definition) is 0. The van der Waals surface area contributed by atoms with Gasteiger partial charge in [-0.15, -0.1) is 24.8 Å². The second-order valence-electron chi connectivity index (χ2n) is 10.9. The number of benzene rings is 1. The number of rotatable bonds is 8. The molecule has 1 aromatic carbocycles. The van der Waals surface area contributed by atoms with Gasteiger partial charge in [-0.2, -0.15) is 0 Å². The predicted molar refractivity (Wildman–Crippen MR) is 165 cm³/mol. The third-order valence-electron chi connectivity index (χ3n) is 8.03. The maximum Gasteiger partial charge on any atom is 0.160 e. The van der Waals surface area contributed by atoms with Gasteiger partial charge in [0.15, 0.2) is 5.65 Å². The molecule has 0 unspecified atom stereocenters. The molecule has 2 aliphatic heterocycles. The highest BCUT2D eigenvalue weighted by molar-refractivity contribution is 5.85. The summed E-state index contributed by atoms with van der Waals surface area (Å²) in [5.74, 6) is 1.14. The summed E-state index contributed by atoms with van der Waals surface area (Å²) in [6.07, 6.45) is 13.6. The van der Waals surface area contributed by atoms with E-state index in [2.05, 4.69) is 77.6 Å². The maximum atomic E-state index is 4.95. The molecule has 0 radical (unpaired) electrons. The quantitative estimate of drug-likeness (QED) is 0.303. The number of fused-ring (bicyclic) bond motifs is 1. The van der Waals surface area contributed by atoms with Crippen LogP contribution in [0.4, 0.5) is 0 Å². The minimum Gasteiger partial charge on any atom is -0.308 e. The van der Waals surface area contributed by atoms with Crippen molar-refractivity contribution in [3.8, 4) is 0 Å². The first-order valence-corrected chi connectivity index (χ1v) is 14.2. The number of likely N-dealkylation sites (tertiary alicyclic amines) is 2. The third-order valence-corrected chi connectivity index (χ3v) is 8.03. The molecule has 0 aliphatic carbocycles. The number of hydrogen-bond acceptors (Lipinski definition) is 4. The topological polar surface area (TPSA) is 37.2 Å². The standard InChI is InChI=1S/C31H43N5.2ClH/c1-4-9-29-33-30-24(2)22-25(3)32-31(30)36(29)23-27-13-11-26(12-14-27)10-8-17-34-20-15-28(16-21-34)35-18-6-5-7-19-35;;/h8,10-14,22,28H,4-7,9,15-21,23H2,1-3H3;2*1H/b10-8+;;. The average Bonchev–Trinajstić information content (AvgIpc) is 3.23. The van der Waals surface area contributed by atoms with E-state index in [1.54, 1.807) is 0 Å². The molecule has 4 heterocycles. The van der Waals surface area contributed by atoms with Crippen molar-refractivity contribution in [2.75, 3.05) is 32.7 Å².